The molecule has 4 rings (SSSR count). The lowest BCUT2D eigenvalue weighted by Crippen LogP contribution is -2.57. The molecule has 8 nitrogen and oxygen atoms in total. The summed E-state index contributed by atoms with van der Waals surface area (Å²) in [4.78, 5) is 28.4. The Morgan fingerprint density at radius 2 is 2.14 bits per heavy atom. The number of likely N-dealkylation sites (tertiary alicyclic amines) is 1. The molecule has 3 aliphatic rings. The lowest BCUT2D eigenvalue weighted by atomic mass is 9.84. The molecule has 29 heavy (non-hydrogen) atoms. The molecule has 0 bridgehead atoms. The van der Waals surface area contributed by atoms with Crippen molar-refractivity contribution in [3.05, 3.63) is 30.3 Å². The van der Waals surface area contributed by atoms with Gasteiger partial charge in [-0.05, 0) is 25.0 Å². The van der Waals surface area contributed by atoms with E-state index in [2.05, 4.69) is 15.6 Å². The van der Waals surface area contributed by atoms with E-state index in [4.69, 9.17) is 9.47 Å². The zero-order valence-corrected chi connectivity index (χ0v) is 16.9. The molecule has 8 heteroatoms. The van der Waals surface area contributed by atoms with Gasteiger partial charge in [0.2, 0.25) is 11.8 Å². The molecule has 4 unspecified atom stereocenters. The first-order valence-electron chi connectivity index (χ1n) is 10.4. The number of amides is 2. The minimum absolute atomic E-state index is 0.0141. The Bertz CT molecular complexity index is 710. The number of methoxy groups -OCH3 is 1. The molecule has 4 atom stereocenters. The van der Waals surface area contributed by atoms with Crippen molar-refractivity contribution < 1.29 is 19.1 Å². The number of carbonyl (C=O) groups is 2. The Hall–Kier alpha value is -2.00. The summed E-state index contributed by atoms with van der Waals surface area (Å²) >= 11 is 0. The van der Waals surface area contributed by atoms with E-state index in [0.29, 0.717) is 32.8 Å². The van der Waals surface area contributed by atoms with Crippen LogP contribution < -0.4 is 15.8 Å². The molecule has 2 amide bonds. The normalized spacial score (nSPS) is 29.8. The van der Waals surface area contributed by atoms with Crippen LogP contribution >= 0.6 is 0 Å². The number of hydrogen-bond acceptors (Lipinski definition) is 6. The van der Waals surface area contributed by atoms with Gasteiger partial charge in [0.15, 0.2) is 0 Å². The van der Waals surface area contributed by atoms with E-state index < -0.39 is 0 Å². The number of fused-ring (bicyclic) bond motifs is 1. The molecule has 0 spiro atoms. The van der Waals surface area contributed by atoms with Gasteiger partial charge in [-0.25, -0.2) is 10.4 Å². The fourth-order valence-electron chi connectivity index (χ4n) is 4.51. The number of rotatable bonds is 7. The van der Waals surface area contributed by atoms with Crippen molar-refractivity contribution in [2.45, 2.75) is 25.0 Å². The summed E-state index contributed by atoms with van der Waals surface area (Å²) in [5.41, 5.74) is 4.13. The predicted molar refractivity (Wildman–Crippen MR) is 108 cm³/mol. The number of anilines is 1. The van der Waals surface area contributed by atoms with Gasteiger partial charge in [-0.3, -0.25) is 14.5 Å². The van der Waals surface area contributed by atoms with Gasteiger partial charge in [0, 0.05) is 39.9 Å². The highest BCUT2D eigenvalue weighted by Gasteiger charge is 2.50. The molecular formula is C21H30N4O4. The average molecular weight is 402 g/mol. The quantitative estimate of drug-likeness (QED) is 0.687. The molecule has 0 radical (unpaired) electrons. The van der Waals surface area contributed by atoms with E-state index in [1.165, 1.54) is 0 Å². The Kier molecular flexibility index (Phi) is 6.44. The summed E-state index contributed by atoms with van der Waals surface area (Å²) in [5.74, 6) is -0.586. The highest BCUT2D eigenvalue weighted by atomic mass is 16.5. The van der Waals surface area contributed by atoms with E-state index in [1.807, 2.05) is 30.3 Å². The standard InChI is InChI=1S/C21H30N4O4/c1-28-11-9-24-13-17(20(26)22-12-16-8-5-10-29-16)19-18(14-24)21(27)25(23-19)15-6-3-2-4-7-15/h2-4,6-7,16-19,23H,5,8-14H2,1H3,(H,22,26). The topological polar surface area (TPSA) is 83.1 Å². The van der Waals surface area contributed by atoms with Crippen LogP contribution in [0.2, 0.25) is 0 Å². The largest absolute Gasteiger partial charge is 0.383 e. The summed E-state index contributed by atoms with van der Waals surface area (Å²) < 4.78 is 10.8. The minimum atomic E-state index is -0.315. The number of hydrogen-bond donors (Lipinski definition) is 2. The fraction of sp³-hybridized carbons (Fsp3) is 0.619. The monoisotopic (exact) mass is 402 g/mol. The minimum Gasteiger partial charge on any atom is -0.383 e. The number of hydrazine groups is 1. The van der Waals surface area contributed by atoms with Gasteiger partial charge in [0.1, 0.15) is 0 Å². The zero-order valence-electron chi connectivity index (χ0n) is 16.9. The van der Waals surface area contributed by atoms with Crippen molar-refractivity contribution in [3.8, 4) is 0 Å². The predicted octanol–water partition coefficient (Wildman–Crippen LogP) is 0.396. The van der Waals surface area contributed by atoms with Crippen LogP contribution in [0.4, 0.5) is 5.69 Å². The molecule has 1 aromatic carbocycles. The Morgan fingerprint density at radius 3 is 2.86 bits per heavy atom. The number of piperidine rings is 1. The molecule has 3 aliphatic heterocycles. The Labute approximate surface area is 171 Å². The molecule has 3 heterocycles. The second-order valence-corrected chi connectivity index (χ2v) is 8.01. The fourth-order valence-corrected chi connectivity index (χ4v) is 4.51. The Balaban J connectivity index is 1.49. The molecular weight excluding hydrogens is 372 g/mol. The highest BCUT2D eigenvalue weighted by Crippen LogP contribution is 2.31. The maximum atomic E-state index is 13.1. The average Bonchev–Trinajstić information content (AvgIpc) is 3.39. The second-order valence-electron chi connectivity index (χ2n) is 8.01. The van der Waals surface area contributed by atoms with E-state index in [9.17, 15) is 9.59 Å². The van der Waals surface area contributed by atoms with Gasteiger partial charge >= 0.3 is 0 Å². The van der Waals surface area contributed by atoms with Crippen molar-refractivity contribution >= 4 is 17.5 Å². The number of nitrogens with zero attached hydrogens (tertiary/aromatic N) is 2. The molecule has 158 valence electrons. The summed E-state index contributed by atoms with van der Waals surface area (Å²) in [7, 11) is 1.66. The van der Waals surface area contributed by atoms with Gasteiger partial charge in [-0.15, -0.1) is 0 Å². The molecule has 0 saturated carbocycles. The van der Waals surface area contributed by atoms with Crippen molar-refractivity contribution in [1.29, 1.82) is 0 Å². The van der Waals surface area contributed by atoms with Crippen LogP contribution in [-0.4, -0.2) is 75.4 Å². The SMILES string of the molecule is COCCN1CC(C(=O)NCC2CCCO2)C2NN(c3ccccc3)C(=O)C2C1. The van der Waals surface area contributed by atoms with Gasteiger partial charge in [-0.2, -0.15) is 0 Å². The first kappa shape index (κ1) is 20.3. The van der Waals surface area contributed by atoms with E-state index >= 15 is 0 Å². The van der Waals surface area contributed by atoms with Crippen LogP contribution in [0.3, 0.4) is 0 Å². The van der Waals surface area contributed by atoms with Gasteiger partial charge in [0.25, 0.3) is 0 Å². The number of benzene rings is 1. The van der Waals surface area contributed by atoms with Crippen LogP contribution in [-0.2, 0) is 19.1 Å². The van der Waals surface area contributed by atoms with Crippen LogP contribution in [0.5, 0.6) is 0 Å². The molecule has 1 aromatic rings. The lowest BCUT2D eigenvalue weighted by Gasteiger charge is -2.38. The summed E-state index contributed by atoms with van der Waals surface area (Å²) in [6.45, 7) is 3.80. The molecule has 3 fully saturated rings. The number of nitrogens with one attached hydrogen (secondary N) is 2. The summed E-state index contributed by atoms with van der Waals surface area (Å²) in [6, 6.07) is 9.32. The van der Waals surface area contributed by atoms with E-state index in [-0.39, 0.29) is 35.8 Å². The van der Waals surface area contributed by atoms with E-state index in [0.717, 1.165) is 25.1 Å². The van der Waals surface area contributed by atoms with Gasteiger partial charge in [-0.1, -0.05) is 18.2 Å². The molecule has 0 aliphatic carbocycles. The molecule has 0 aromatic heterocycles. The lowest BCUT2D eigenvalue weighted by molar-refractivity contribution is -0.130. The highest BCUT2D eigenvalue weighted by molar-refractivity contribution is 5.98. The third-order valence-corrected chi connectivity index (χ3v) is 6.08. The van der Waals surface area contributed by atoms with Crippen molar-refractivity contribution in [3.63, 3.8) is 0 Å². The van der Waals surface area contributed by atoms with Crippen molar-refractivity contribution in [2.24, 2.45) is 11.8 Å². The Morgan fingerprint density at radius 1 is 1.31 bits per heavy atom. The van der Waals surface area contributed by atoms with Crippen LogP contribution in [0.1, 0.15) is 12.8 Å². The molecule has 3 saturated heterocycles. The molecule has 2 N–H and O–H groups in total. The zero-order chi connectivity index (χ0) is 20.2. The second kappa shape index (κ2) is 9.21. The first-order valence-corrected chi connectivity index (χ1v) is 10.4. The van der Waals surface area contributed by atoms with Crippen LogP contribution in [0, 0.1) is 11.8 Å². The van der Waals surface area contributed by atoms with Crippen molar-refractivity contribution in [1.82, 2.24) is 15.6 Å². The number of ether oxygens (including phenoxy) is 2. The van der Waals surface area contributed by atoms with Gasteiger partial charge < -0.3 is 14.8 Å². The van der Waals surface area contributed by atoms with Crippen LogP contribution in [0.25, 0.3) is 0 Å². The third kappa shape index (κ3) is 4.45. The number of para-hydroxylation sites is 1. The summed E-state index contributed by atoms with van der Waals surface area (Å²) in [6.07, 6.45) is 2.12. The van der Waals surface area contributed by atoms with E-state index in [1.54, 1.807) is 12.1 Å². The van der Waals surface area contributed by atoms with Crippen LogP contribution in [0.15, 0.2) is 30.3 Å². The first-order chi connectivity index (χ1) is 14.2. The van der Waals surface area contributed by atoms with Gasteiger partial charge in [0.05, 0.1) is 36.3 Å². The van der Waals surface area contributed by atoms with Crippen molar-refractivity contribution in [2.75, 3.05) is 51.5 Å². The summed E-state index contributed by atoms with van der Waals surface area (Å²) in [5, 5.41) is 4.67. The number of carbonyl (C=O) groups excluding carboxylic acids is 2. The smallest absolute Gasteiger partial charge is 0.247 e. The maximum absolute atomic E-state index is 13.1. The maximum Gasteiger partial charge on any atom is 0.247 e. The third-order valence-electron chi connectivity index (χ3n) is 6.08.